The van der Waals surface area contributed by atoms with Crippen molar-refractivity contribution in [2.24, 2.45) is 16.6 Å². The van der Waals surface area contributed by atoms with Crippen molar-refractivity contribution in [3.8, 4) is 0 Å². The molecule has 6 heteroatoms. The van der Waals surface area contributed by atoms with E-state index in [1.54, 1.807) is 0 Å². The summed E-state index contributed by atoms with van der Waals surface area (Å²) in [6.07, 6.45) is 3.21. The highest BCUT2D eigenvalue weighted by molar-refractivity contribution is 14.0. The number of amides is 1. The van der Waals surface area contributed by atoms with Crippen LogP contribution < -0.4 is 10.6 Å². The second-order valence-electron chi connectivity index (χ2n) is 6.27. The highest BCUT2D eigenvalue weighted by atomic mass is 127. The average molecular weight is 428 g/mol. The monoisotopic (exact) mass is 428 g/mol. The van der Waals surface area contributed by atoms with Gasteiger partial charge in [-0.05, 0) is 36.8 Å². The zero-order valence-electron chi connectivity index (χ0n) is 13.6. The van der Waals surface area contributed by atoms with E-state index < -0.39 is 0 Å². The zero-order valence-corrected chi connectivity index (χ0v) is 15.9. The van der Waals surface area contributed by atoms with Gasteiger partial charge in [0.1, 0.15) is 6.54 Å². The predicted molar refractivity (Wildman–Crippen MR) is 104 cm³/mol. The van der Waals surface area contributed by atoms with Gasteiger partial charge in [-0.3, -0.25) is 4.79 Å². The van der Waals surface area contributed by atoms with Crippen LogP contribution in [0.1, 0.15) is 25.3 Å². The number of carbonyl (C=O) groups excluding carboxylic acids is 1. The van der Waals surface area contributed by atoms with Gasteiger partial charge in [0.2, 0.25) is 5.91 Å². The number of benzene rings is 1. The second-order valence-corrected chi connectivity index (χ2v) is 6.27. The van der Waals surface area contributed by atoms with Gasteiger partial charge in [0.05, 0.1) is 0 Å². The van der Waals surface area contributed by atoms with Gasteiger partial charge in [0.15, 0.2) is 5.96 Å². The van der Waals surface area contributed by atoms with Crippen molar-refractivity contribution in [3.63, 3.8) is 0 Å². The Balaban J connectivity index is 0.00000192. The Hall–Kier alpha value is -1.31. The van der Waals surface area contributed by atoms with Crippen LogP contribution in [-0.4, -0.2) is 42.9 Å². The molecule has 0 atom stereocenters. The number of piperidine rings is 1. The summed E-state index contributed by atoms with van der Waals surface area (Å²) in [6.45, 7) is 5.02. The van der Waals surface area contributed by atoms with Crippen molar-refractivity contribution < 1.29 is 4.79 Å². The van der Waals surface area contributed by atoms with Crippen LogP contribution in [-0.2, 0) is 11.2 Å². The van der Waals surface area contributed by atoms with Crippen molar-refractivity contribution in [2.75, 3.05) is 31.1 Å². The van der Waals surface area contributed by atoms with Gasteiger partial charge in [0, 0.05) is 25.3 Å². The lowest BCUT2D eigenvalue weighted by atomic mass is 10.00. The number of anilines is 1. The summed E-state index contributed by atoms with van der Waals surface area (Å²) in [5.74, 6) is 1.29. The molecule has 2 aliphatic heterocycles. The smallest absolute Gasteiger partial charge is 0.248 e. The number of guanidine groups is 1. The van der Waals surface area contributed by atoms with Crippen molar-refractivity contribution in [3.05, 3.63) is 29.8 Å². The fourth-order valence-corrected chi connectivity index (χ4v) is 3.17. The number of nitrogens with zero attached hydrogens (tertiary/aromatic N) is 3. The first-order valence-corrected chi connectivity index (χ1v) is 8.08. The maximum absolute atomic E-state index is 12.4. The van der Waals surface area contributed by atoms with E-state index in [0.717, 1.165) is 50.5 Å². The highest BCUT2D eigenvalue weighted by Gasteiger charge is 2.24. The van der Waals surface area contributed by atoms with Crippen LogP contribution in [0.3, 0.4) is 0 Å². The zero-order chi connectivity index (χ0) is 15.5. The lowest BCUT2D eigenvalue weighted by molar-refractivity contribution is -0.117. The SMILES string of the molecule is CC1CCN(C(N)=NCC(=O)N2CCc3ccccc32)CC1.I. The molecule has 1 aromatic carbocycles. The van der Waals surface area contributed by atoms with Gasteiger partial charge in [-0.15, -0.1) is 24.0 Å². The summed E-state index contributed by atoms with van der Waals surface area (Å²) in [6, 6.07) is 8.06. The first-order chi connectivity index (χ1) is 10.6. The molecule has 0 bridgehead atoms. The Morgan fingerprint density at radius 1 is 1.26 bits per heavy atom. The highest BCUT2D eigenvalue weighted by Crippen LogP contribution is 2.27. The minimum absolute atomic E-state index is 0. The van der Waals surface area contributed by atoms with Crippen molar-refractivity contribution in [1.82, 2.24) is 4.90 Å². The third-order valence-corrected chi connectivity index (χ3v) is 4.67. The molecule has 2 N–H and O–H groups in total. The molecule has 0 aliphatic carbocycles. The maximum Gasteiger partial charge on any atom is 0.248 e. The average Bonchev–Trinajstić information content (AvgIpc) is 2.97. The first kappa shape index (κ1) is 18.0. The Kier molecular flexibility index (Phi) is 6.26. The van der Waals surface area contributed by atoms with Crippen molar-refractivity contribution in [2.45, 2.75) is 26.2 Å². The fraction of sp³-hybridized carbons (Fsp3) is 0.529. The normalized spacial score (nSPS) is 18.6. The third kappa shape index (κ3) is 4.16. The number of likely N-dealkylation sites (tertiary alicyclic amines) is 1. The number of para-hydroxylation sites is 1. The molecule has 0 aromatic heterocycles. The molecule has 1 amide bonds. The molecule has 23 heavy (non-hydrogen) atoms. The van der Waals surface area contributed by atoms with Gasteiger partial charge < -0.3 is 15.5 Å². The quantitative estimate of drug-likeness (QED) is 0.447. The largest absolute Gasteiger partial charge is 0.370 e. The molecule has 2 heterocycles. The van der Waals surface area contributed by atoms with E-state index in [1.807, 2.05) is 23.1 Å². The van der Waals surface area contributed by atoms with Crippen molar-refractivity contribution in [1.29, 1.82) is 0 Å². The Labute approximate surface area is 154 Å². The van der Waals surface area contributed by atoms with Gasteiger partial charge in [0.25, 0.3) is 0 Å². The van der Waals surface area contributed by atoms with Crippen LogP contribution in [0.2, 0.25) is 0 Å². The summed E-state index contributed by atoms with van der Waals surface area (Å²) in [4.78, 5) is 20.6. The molecule has 2 aliphatic rings. The number of fused-ring (bicyclic) bond motifs is 1. The fourth-order valence-electron chi connectivity index (χ4n) is 3.17. The Bertz CT molecular complexity index is 582. The first-order valence-electron chi connectivity index (χ1n) is 8.08. The molecule has 1 aromatic rings. The molecule has 126 valence electrons. The van der Waals surface area contributed by atoms with Gasteiger partial charge in [-0.1, -0.05) is 25.1 Å². The number of hydrogen-bond acceptors (Lipinski definition) is 2. The molecule has 0 unspecified atom stereocenters. The number of hydrogen-bond donors (Lipinski definition) is 1. The lowest BCUT2D eigenvalue weighted by Crippen LogP contribution is -2.43. The van der Waals surface area contributed by atoms with Gasteiger partial charge in [-0.25, -0.2) is 4.99 Å². The minimum Gasteiger partial charge on any atom is -0.370 e. The van der Waals surface area contributed by atoms with E-state index >= 15 is 0 Å². The van der Waals surface area contributed by atoms with E-state index in [0.29, 0.717) is 5.96 Å². The molecule has 5 nitrogen and oxygen atoms in total. The number of halogens is 1. The second kappa shape index (κ2) is 7.99. The topological polar surface area (TPSA) is 61.9 Å². The van der Waals surface area contributed by atoms with Crippen LogP contribution in [0, 0.1) is 5.92 Å². The predicted octanol–water partition coefficient (Wildman–Crippen LogP) is 2.24. The molecular formula is C17H25IN4O. The minimum atomic E-state index is 0. The number of rotatable bonds is 2. The number of nitrogens with two attached hydrogens (primary N) is 1. The maximum atomic E-state index is 12.4. The van der Waals surface area contributed by atoms with E-state index in [2.05, 4.69) is 22.9 Å². The summed E-state index contributed by atoms with van der Waals surface area (Å²) < 4.78 is 0. The van der Waals surface area contributed by atoms with Crippen LogP contribution in [0.5, 0.6) is 0 Å². The molecule has 0 spiro atoms. The molecule has 0 radical (unpaired) electrons. The summed E-state index contributed by atoms with van der Waals surface area (Å²) in [7, 11) is 0. The number of aliphatic imine (C=N–C) groups is 1. The summed E-state index contributed by atoms with van der Waals surface area (Å²) in [5.41, 5.74) is 8.30. The number of carbonyl (C=O) groups is 1. The molecule has 1 fully saturated rings. The van der Waals surface area contributed by atoms with Crippen LogP contribution >= 0.6 is 24.0 Å². The van der Waals surface area contributed by atoms with Crippen LogP contribution in [0.4, 0.5) is 5.69 Å². The summed E-state index contributed by atoms with van der Waals surface area (Å²) >= 11 is 0. The van der Waals surface area contributed by atoms with Crippen molar-refractivity contribution >= 4 is 41.5 Å². The third-order valence-electron chi connectivity index (χ3n) is 4.67. The van der Waals surface area contributed by atoms with E-state index in [1.165, 1.54) is 5.56 Å². The summed E-state index contributed by atoms with van der Waals surface area (Å²) in [5, 5.41) is 0. The molecular weight excluding hydrogens is 403 g/mol. The van der Waals surface area contributed by atoms with E-state index in [-0.39, 0.29) is 36.4 Å². The van der Waals surface area contributed by atoms with E-state index in [9.17, 15) is 4.79 Å². The Morgan fingerprint density at radius 3 is 2.70 bits per heavy atom. The van der Waals surface area contributed by atoms with Crippen LogP contribution in [0.15, 0.2) is 29.3 Å². The standard InChI is InChI=1S/C17H24N4O.HI/c1-13-6-9-20(10-7-13)17(18)19-12-16(22)21-11-8-14-4-2-3-5-15(14)21;/h2-5,13H,6-12H2,1H3,(H2,18,19);1H. The molecule has 0 saturated carbocycles. The molecule has 3 rings (SSSR count). The van der Waals surface area contributed by atoms with Gasteiger partial charge >= 0.3 is 0 Å². The van der Waals surface area contributed by atoms with E-state index in [4.69, 9.17) is 5.73 Å². The Morgan fingerprint density at radius 2 is 1.96 bits per heavy atom. The lowest BCUT2D eigenvalue weighted by Gasteiger charge is -2.31. The van der Waals surface area contributed by atoms with Crippen LogP contribution in [0.25, 0.3) is 0 Å². The van der Waals surface area contributed by atoms with Gasteiger partial charge in [-0.2, -0.15) is 0 Å². The molecule has 1 saturated heterocycles.